The second-order valence-corrected chi connectivity index (χ2v) is 6.61. The molecule has 1 saturated heterocycles. The van der Waals surface area contributed by atoms with E-state index >= 15 is 0 Å². The van der Waals surface area contributed by atoms with Gasteiger partial charge < -0.3 is 14.8 Å². The zero-order chi connectivity index (χ0) is 19.4. The first-order valence-electron chi connectivity index (χ1n) is 8.88. The molecule has 0 radical (unpaired) electrons. The number of hydrogen-bond donors (Lipinski definition) is 1. The van der Waals surface area contributed by atoms with Gasteiger partial charge in [-0.05, 0) is 30.5 Å². The van der Waals surface area contributed by atoms with E-state index in [0.29, 0.717) is 6.54 Å². The van der Waals surface area contributed by atoms with Gasteiger partial charge in [0.25, 0.3) is 5.56 Å². The van der Waals surface area contributed by atoms with Gasteiger partial charge in [0.1, 0.15) is 5.82 Å². The lowest BCUT2D eigenvalue weighted by Gasteiger charge is -2.16. The molecule has 8 heteroatoms. The highest BCUT2D eigenvalue weighted by Gasteiger charge is 2.13. The van der Waals surface area contributed by atoms with Crippen LogP contribution in [0.4, 0.5) is 5.82 Å². The fourth-order valence-corrected chi connectivity index (χ4v) is 3.02. The Morgan fingerprint density at radius 2 is 1.96 bits per heavy atom. The molecule has 27 heavy (non-hydrogen) atoms. The molecule has 0 saturated carbocycles. The van der Waals surface area contributed by atoms with Crippen molar-refractivity contribution in [2.45, 2.75) is 19.4 Å². The van der Waals surface area contributed by atoms with Crippen molar-refractivity contribution >= 4 is 17.8 Å². The van der Waals surface area contributed by atoms with E-state index in [2.05, 4.69) is 15.2 Å². The molecule has 2 aromatic heterocycles. The average Bonchev–Trinajstić information content (AvgIpc) is 3.21. The fourth-order valence-electron chi connectivity index (χ4n) is 3.02. The van der Waals surface area contributed by atoms with E-state index in [0.717, 1.165) is 29.0 Å². The molecule has 0 aliphatic carbocycles. The van der Waals surface area contributed by atoms with Gasteiger partial charge in [-0.1, -0.05) is 6.07 Å². The largest absolute Gasteiger partial charge is 0.357 e. The number of amides is 1. The van der Waals surface area contributed by atoms with Crippen molar-refractivity contribution in [1.82, 2.24) is 19.4 Å². The first-order chi connectivity index (χ1) is 13.0. The molecule has 3 heterocycles. The van der Waals surface area contributed by atoms with E-state index < -0.39 is 11.2 Å². The molecule has 1 aliphatic heterocycles. The number of aromatic nitrogens is 3. The van der Waals surface area contributed by atoms with Crippen LogP contribution in [0.5, 0.6) is 0 Å². The molecule has 3 rings (SSSR count). The zero-order valence-corrected chi connectivity index (χ0v) is 15.5. The second kappa shape index (κ2) is 8.03. The van der Waals surface area contributed by atoms with Crippen molar-refractivity contribution in [2.24, 2.45) is 14.1 Å². The maximum absolute atomic E-state index is 12.0. The fraction of sp³-hybridized carbons (Fsp3) is 0.368. The predicted molar refractivity (Wildman–Crippen MR) is 103 cm³/mol. The first kappa shape index (κ1) is 18.6. The summed E-state index contributed by atoms with van der Waals surface area (Å²) in [5.41, 5.74) is 0.319. The molecule has 2 aromatic rings. The van der Waals surface area contributed by atoms with Crippen molar-refractivity contribution in [3.8, 4) is 0 Å². The smallest absolute Gasteiger partial charge is 0.330 e. The third kappa shape index (κ3) is 4.33. The van der Waals surface area contributed by atoms with Gasteiger partial charge in [-0.25, -0.2) is 9.78 Å². The molecule has 0 bridgehead atoms. The van der Waals surface area contributed by atoms with E-state index in [1.807, 2.05) is 12.1 Å². The summed E-state index contributed by atoms with van der Waals surface area (Å²) in [7, 11) is 2.96. The van der Waals surface area contributed by atoms with Crippen molar-refractivity contribution in [1.29, 1.82) is 0 Å². The average molecular weight is 369 g/mol. The van der Waals surface area contributed by atoms with Crippen molar-refractivity contribution in [2.75, 3.05) is 18.0 Å². The van der Waals surface area contributed by atoms with Gasteiger partial charge in [0.2, 0.25) is 5.91 Å². The zero-order valence-electron chi connectivity index (χ0n) is 15.5. The first-order valence-corrected chi connectivity index (χ1v) is 8.88. The van der Waals surface area contributed by atoms with Gasteiger partial charge in [-0.3, -0.25) is 14.2 Å². The number of pyridine rings is 1. The third-order valence-electron chi connectivity index (χ3n) is 4.59. The second-order valence-electron chi connectivity index (χ2n) is 6.61. The van der Waals surface area contributed by atoms with Crippen molar-refractivity contribution in [3.63, 3.8) is 0 Å². The molecule has 1 fully saturated rings. The number of rotatable bonds is 5. The van der Waals surface area contributed by atoms with E-state index in [4.69, 9.17) is 0 Å². The molecule has 1 N–H and O–H groups in total. The Hall–Kier alpha value is -3.16. The molecule has 142 valence electrons. The lowest BCUT2D eigenvalue weighted by atomic mass is 10.2. The maximum atomic E-state index is 12.0. The normalized spacial score (nSPS) is 14.1. The minimum absolute atomic E-state index is 0.270. The number of anilines is 1. The summed E-state index contributed by atoms with van der Waals surface area (Å²) < 4.78 is 2.30. The van der Waals surface area contributed by atoms with Crippen LogP contribution in [-0.2, 0) is 25.4 Å². The Morgan fingerprint density at radius 1 is 1.22 bits per heavy atom. The van der Waals surface area contributed by atoms with E-state index in [-0.39, 0.29) is 11.5 Å². The number of hydrogen-bond acceptors (Lipinski definition) is 5. The van der Waals surface area contributed by atoms with Crippen LogP contribution in [0.1, 0.15) is 24.0 Å². The minimum Gasteiger partial charge on any atom is -0.357 e. The summed E-state index contributed by atoms with van der Waals surface area (Å²) in [5, 5.41) is 2.76. The standard InChI is InChI=1S/C19H23N5O3/c1-22-13-15(18(26)23(2)19(22)27)6-8-17(25)21-12-14-5-7-16(20-11-14)24-9-3-4-10-24/h5-8,11,13H,3-4,9-10,12H2,1-2H3,(H,21,25). The van der Waals surface area contributed by atoms with Crippen molar-refractivity contribution < 1.29 is 4.79 Å². The molecular formula is C19H23N5O3. The summed E-state index contributed by atoms with van der Waals surface area (Å²) in [6.07, 6.45) is 8.27. The molecule has 8 nitrogen and oxygen atoms in total. The summed E-state index contributed by atoms with van der Waals surface area (Å²) in [4.78, 5) is 42.4. The lowest BCUT2D eigenvalue weighted by molar-refractivity contribution is -0.116. The predicted octanol–water partition coefficient (Wildman–Crippen LogP) is 0.409. The molecule has 0 atom stereocenters. The summed E-state index contributed by atoms with van der Waals surface area (Å²) >= 11 is 0. The van der Waals surface area contributed by atoms with Crippen LogP contribution < -0.4 is 21.5 Å². The van der Waals surface area contributed by atoms with E-state index in [9.17, 15) is 14.4 Å². The van der Waals surface area contributed by atoms with Crippen LogP contribution in [0.15, 0.2) is 40.2 Å². The minimum atomic E-state index is -0.441. The summed E-state index contributed by atoms with van der Waals surface area (Å²) in [6, 6.07) is 3.92. The van der Waals surface area contributed by atoms with Crippen LogP contribution in [0.3, 0.4) is 0 Å². The van der Waals surface area contributed by atoms with Gasteiger partial charge in [0, 0.05) is 52.2 Å². The third-order valence-corrected chi connectivity index (χ3v) is 4.59. The number of nitrogens with one attached hydrogen (secondary N) is 1. The molecular weight excluding hydrogens is 346 g/mol. The SMILES string of the molecule is Cn1cc(C=CC(=O)NCc2ccc(N3CCCC3)nc2)c(=O)n(C)c1=O. The van der Waals surface area contributed by atoms with Crippen LogP contribution in [0.25, 0.3) is 6.08 Å². The molecule has 0 spiro atoms. The number of aryl methyl sites for hydroxylation is 1. The Labute approximate surface area is 156 Å². The molecule has 0 unspecified atom stereocenters. The molecule has 0 aromatic carbocycles. The van der Waals surface area contributed by atoms with Gasteiger partial charge >= 0.3 is 5.69 Å². The van der Waals surface area contributed by atoms with Gasteiger partial charge in [0.15, 0.2) is 0 Å². The highest BCUT2D eigenvalue weighted by Crippen LogP contribution is 2.17. The quantitative estimate of drug-likeness (QED) is 0.771. The van der Waals surface area contributed by atoms with Crippen molar-refractivity contribution in [3.05, 3.63) is 62.6 Å². The Bertz CT molecular complexity index is 966. The topological polar surface area (TPSA) is 89.2 Å². The lowest BCUT2D eigenvalue weighted by Crippen LogP contribution is -2.37. The summed E-state index contributed by atoms with van der Waals surface area (Å²) in [6.45, 7) is 2.43. The van der Waals surface area contributed by atoms with Gasteiger partial charge in [0.05, 0.1) is 5.56 Å². The maximum Gasteiger partial charge on any atom is 0.330 e. The van der Waals surface area contributed by atoms with Gasteiger partial charge in [-0.15, -0.1) is 0 Å². The summed E-state index contributed by atoms with van der Waals surface area (Å²) in [5.74, 6) is 0.641. The number of carbonyl (C=O) groups is 1. The number of nitrogens with zero attached hydrogens (tertiary/aromatic N) is 4. The molecule has 1 amide bonds. The van der Waals surface area contributed by atoms with E-state index in [1.165, 1.54) is 42.8 Å². The Kier molecular flexibility index (Phi) is 5.54. The van der Waals surface area contributed by atoms with Crippen LogP contribution in [0.2, 0.25) is 0 Å². The monoisotopic (exact) mass is 369 g/mol. The number of carbonyl (C=O) groups excluding carboxylic acids is 1. The molecule has 1 aliphatic rings. The van der Waals surface area contributed by atoms with Crippen LogP contribution in [-0.4, -0.2) is 33.1 Å². The highest BCUT2D eigenvalue weighted by atomic mass is 16.2. The van der Waals surface area contributed by atoms with Gasteiger partial charge in [-0.2, -0.15) is 0 Å². The Morgan fingerprint density at radius 3 is 2.63 bits per heavy atom. The van der Waals surface area contributed by atoms with E-state index in [1.54, 1.807) is 13.2 Å². The van der Waals surface area contributed by atoms with Crippen LogP contribution in [0, 0.1) is 0 Å². The van der Waals surface area contributed by atoms with Crippen LogP contribution >= 0.6 is 0 Å². The Balaban J connectivity index is 1.59. The highest BCUT2D eigenvalue weighted by molar-refractivity contribution is 5.91.